The molecule has 1 heterocycles. The first kappa shape index (κ1) is 32.7. The van der Waals surface area contributed by atoms with Crippen molar-refractivity contribution in [2.45, 2.75) is 32.2 Å². The predicted octanol–water partition coefficient (Wildman–Crippen LogP) is 7.80. The summed E-state index contributed by atoms with van der Waals surface area (Å²) in [6, 6.07) is 28.6. The average Bonchev–Trinajstić information content (AvgIpc) is 3.47. The highest BCUT2D eigenvalue weighted by molar-refractivity contribution is 7.92. The highest BCUT2D eigenvalue weighted by atomic mass is 35.5. The van der Waals surface area contributed by atoms with Crippen LogP contribution in [0.15, 0.2) is 97.1 Å². The molecule has 1 aliphatic carbocycles. The number of ketones is 1. The molecule has 0 radical (unpaired) electrons. The molecule has 0 spiro atoms. The predicted molar refractivity (Wildman–Crippen MR) is 190 cm³/mol. The highest BCUT2D eigenvalue weighted by Crippen LogP contribution is 2.41. The molecule has 0 aliphatic heterocycles. The number of carbonyl (C=O) groups is 2. The van der Waals surface area contributed by atoms with Crippen LogP contribution in [0.5, 0.6) is 5.75 Å². The van der Waals surface area contributed by atoms with E-state index in [1.54, 1.807) is 41.7 Å². The van der Waals surface area contributed by atoms with E-state index >= 15 is 0 Å². The molecule has 0 N–H and O–H groups in total. The minimum atomic E-state index is -3.75. The van der Waals surface area contributed by atoms with Gasteiger partial charge in [0.1, 0.15) is 12.4 Å². The number of aryl methyl sites for hydroxylation is 2. The quantitative estimate of drug-likeness (QED) is 0.125. The number of ether oxygens (including phenoxy) is 1. The lowest BCUT2D eigenvalue weighted by Gasteiger charge is -2.25. The number of fused-ring (bicyclic) bond motifs is 3. The zero-order valence-electron chi connectivity index (χ0n) is 26.0. The second-order valence-corrected chi connectivity index (χ2v) is 15.0. The third kappa shape index (κ3) is 7.53. The molecule has 7 nitrogen and oxygen atoms in total. The van der Waals surface area contributed by atoms with Crippen LogP contribution in [0, 0.1) is 0 Å². The van der Waals surface area contributed by atoms with Crippen molar-refractivity contribution in [2.75, 3.05) is 30.3 Å². The molecule has 1 amide bonds. The summed E-state index contributed by atoms with van der Waals surface area (Å²) in [5, 5.41) is 1.43. The number of Topliss-reactive ketones (excluding diaryl/α,β-unsaturated/α-hetero) is 1. The van der Waals surface area contributed by atoms with Gasteiger partial charge in [-0.2, -0.15) is 0 Å². The van der Waals surface area contributed by atoms with Gasteiger partial charge in [0, 0.05) is 16.0 Å². The first-order chi connectivity index (χ1) is 22.7. The van der Waals surface area contributed by atoms with Crippen LogP contribution in [0.1, 0.15) is 49.6 Å². The molecular formula is C37H35ClN2O5S2. The molecule has 6 rings (SSSR count). The molecule has 242 valence electrons. The molecule has 0 atom stereocenters. The van der Waals surface area contributed by atoms with E-state index in [4.69, 9.17) is 16.3 Å². The zero-order chi connectivity index (χ0) is 33.0. The van der Waals surface area contributed by atoms with E-state index in [-0.39, 0.29) is 54.2 Å². The zero-order valence-corrected chi connectivity index (χ0v) is 28.4. The SMILES string of the molecule is CS(=O)(=O)N(Cc1ccccc1)c1cc(C(=O)CN(CCOc2cccc3c4c(sc23)CCCC4)C(=O)c2ccccc2)ccc1Cl. The summed E-state index contributed by atoms with van der Waals surface area (Å²) in [4.78, 5) is 30.3. The number of halogens is 1. The van der Waals surface area contributed by atoms with E-state index < -0.39 is 10.0 Å². The van der Waals surface area contributed by atoms with Gasteiger partial charge in [0.05, 0.1) is 41.3 Å². The Labute approximate surface area is 284 Å². The number of thiophene rings is 1. The molecule has 47 heavy (non-hydrogen) atoms. The van der Waals surface area contributed by atoms with Gasteiger partial charge in [-0.3, -0.25) is 13.9 Å². The third-order valence-corrected chi connectivity index (χ3v) is 11.1. The maximum absolute atomic E-state index is 13.8. The van der Waals surface area contributed by atoms with Crippen molar-refractivity contribution in [1.82, 2.24) is 4.90 Å². The number of rotatable bonds is 12. The molecule has 4 aromatic carbocycles. The second kappa shape index (κ2) is 14.3. The van der Waals surface area contributed by atoms with Gasteiger partial charge >= 0.3 is 0 Å². The third-order valence-electron chi connectivity index (χ3n) is 8.31. The minimum absolute atomic E-state index is 0.0486. The van der Waals surface area contributed by atoms with Crippen LogP contribution in [-0.2, 0) is 29.4 Å². The van der Waals surface area contributed by atoms with Crippen molar-refractivity contribution < 1.29 is 22.7 Å². The summed E-state index contributed by atoms with van der Waals surface area (Å²) >= 11 is 8.29. The summed E-state index contributed by atoms with van der Waals surface area (Å²) in [6.45, 7) is 0.184. The van der Waals surface area contributed by atoms with Gasteiger partial charge in [-0.1, -0.05) is 72.3 Å². The Bertz CT molecular complexity index is 2010. The maximum atomic E-state index is 13.8. The number of amides is 1. The van der Waals surface area contributed by atoms with Crippen LogP contribution in [0.25, 0.3) is 10.1 Å². The molecule has 5 aromatic rings. The van der Waals surface area contributed by atoms with Crippen molar-refractivity contribution in [1.29, 1.82) is 0 Å². The van der Waals surface area contributed by atoms with Gasteiger partial charge in [-0.25, -0.2) is 8.42 Å². The van der Waals surface area contributed by atoms with Crippen LogP contribution in [0.4, 0.5) is 5.69 Å². The van der Waals surface area contributed by atoms with Crippen molar-refractivity contribution >= 4 is 60.4 Å². The first-order valence-electron chi connectivity index (χ1n) is 15.5. The van der Waals surface area contributed by atoms with Crippen molar-refractivity contribution in [2.24, 2.45) is 0 Å². The number of sulfonamides is 1. The van der Waals surface area contributed by atoms with Crippen molar-refractivity contribution in [3.63, 3.8) is 0 Å². The molecule has 0 fully saturated rings. The molecule has 0 unspecified atom stereocenters. The molecule has 0 saturated heterocycles. The Balaban J connectivity index is 1.23. The lowest BCUT2D eigenvalue weighted by atomic mass is 9.96. The van der Waals surface area contributed by atoms with Gasteiger partial charge in [-0.05, 0) is 78.6 Å². The maximum Gasteiger partial charge on any atom is 0.254 e. The normalized spacial score (nSPS) is 12.8. The van der Waals surface area contributed by atoms with Crippen LogP contribution >= 0.6 is 22.9 Å². The van der Waals surface area contributed by atoms with E-state index in [0.717, 1.165) is 35.1 Å². The largest absolute Gasteiger partial charge is 0.490 e. The minimum Gasteiger partial charge on any atom is -0.490 e. The fourth-order valence-electron chi connectivity index (χ4n) is 5.92. The average molecular weight is 687 g/mol. The van der Waals surface area contributed by atoms with Crippen molar-refractivity contribution in [3.05, 3.63) is 129 Å². The van der Waals surface area contributed by atoms with Crippen LogP contribution in [0.2, 0.25) is 5.02 Å². The standard InChI is InChI=1S/C37H35ClN2O5S2/c1-47(43,44)40(24-26-11-4-2-5-12-26)32-23-28(19-20-31(32)38)33(41)25-39(37(42)27-13-6-3-7-14-27)21-22-45-34-17-10-16-30-29-15-8-9-18-35(29)46-36(30)34/h2-7,10-14,16-17,19-20,23H,8-9,15,18,21-22,24-25H2,1H3. The Morgan fingerprint density at radius 1 is 0.872 bits per heavy atom. The lowest BCUT2D eigenvalue weighted by molar-refractivity contribution is 0.0686. The number of carbonyl (C=O) groups excluding carboxylic acids is 2. The first-order valence-corrected chi connectivity index (χ1v) is 18.6. The van der Waals surface area contributed by atoms with Gasteiger partial charge in [0.15, 0.2) is 5.78 Å². The number of hydrogen-bond donors (Lipinski definition) is 0. The van der Waals surface area contributed by atoms with Crippen LogP contribution in [-0.4, -0.2) is 51.0 Å². The summed E-state index contributed by atoms with van der Waals surface area (Å²) in [5.41, 5.74) is 3.08. The van der Waals surface area contributed by atoms with E-state index in [1.807, 2.05) is 48.5 Å². The van der Waals surface area contributed by atoms with E-state index in [2.05, 4.69) is 6.07 Å². The lowest BCUT2D eigenvalue weighted by Crippen LogP contribution is -2.38. The number of benzene rings is 4. The Morgan fingerprint density at radius 2 is 1.60 bits per heavy atom. The van der Waals surface area contributed by atoms with Crippen molar-refractivity contribution in [3.8, 4) is 5.75 Å². The summed E-state index contributed by atoms with van der Waals surface area (Å²) in [6.07, 6.45) is 5.68. The molecular weight excluding hydrogens is 652 g/mol. The summed E-state index contributed by atoms with van der Waals surface area (Å²) in [5.74, 6) is 0.124. The molecule has 10 heteroatoms. The molecule has 0 saturated carbocycles. The highest BCUT2D eigenvalue weighted by Gasteiger charge is 2.25. The number of hydrogen-bond acceptors (Lipinski definition) is 6. The second-order valence-electron chi connectivity index (χ2n) is 11.6. The molecule has 0 bridgehead atoms. The van der Waals surface area contributed by atoms with Crippen LogP contribution in [0.3, 0.4) is 0 Å². The van der Waals surface area contributed by atoms with E-state index in [9.17, 15) is 18.0 Å². The van der Waals surface area contributed by atoms with Crippen LogP contribution < -0.4 is 9.04 Å². The monoisotopic (exact) mass is 686 g/mol. The summed E-state index contributed by atoms with van der Waals surface area (Å²) < 4.78 is 34.4. The van der Waals surface area contributed by atoms with Gasteiger partial charge < -0.3 is 9.64 Å². The number of nitrogens with zero attached hydrogens (tertiary/aromatic N) is 2. The Kier molecular flexibility index (Phi) is 9.96. The Hall–Kier alpha value is -4.18. The fraction of sp³-hybridized carbons (Fsp3) is 0.243. The number of anilines is 1. The van der Waals surface area contributed by atoms with E-state index in [1.165, 1.54) is 50.0 Å². The van der Waals surface area contributed by atoms with Gasteiger partial charge in [0.2, 0.25) is 10.0 Å². The Morgan fingerprint density at radius 3 is 2.34 bits per heavy atom. The fourth-order valence-corrected chi connectivity index (χ4v) is 8.44. The van der Waals surface area contributed by atoms with E-state index in [0.29, 0.717) is 5.56 Å². The topological polar surface area (TPSA) is 84.0 Å². The van der Waals surface area contributed by atoms with Gasteiger partial charge in [0.25, 0.3) is 5.91 Å². The molecule has 1 aliphatic rings. The summed E-state index contributed by atoms with van der Waals surface area (Å²) in [7, 11) is -3.75. The smallest absolute Gasteiger partial charge is 0.254 e. The van der Waals surface area contributed by atoms with Gasteiger partial charge in [-0.15, -0.1) is 11.3 Å². The molecule has 1 aromatic heterocycles.